The van der Waals surface area contributed by atoms with E-state index in [0.29, 0.717) is 49.2 Å². The van der Waals surface area contributed by atoms with Gasteiger partial charge in [-0.25, -0.2) is 0 Å². The number of rotatable bonds is 18. The molecule has 4 heterocycles. The number of aromatic amines is 2. The van der Waals surface area contributed by atoms with Crippen molar-refractivity contribution < 1.29 is 49.2 Å². The Morgan fingerprint density at radius 3 is 1.31 bits per heavy atom. The van der Waals surface area contributed by atoms with Crippen LogP contribution in [0.25, 0.3) is 0 Å². The Morgan fingerprint density at radius 1 is 0.657 bits per heavy atom. The van der Waals surface area contributed by atoms with E-state index in [1.54, 1.807) is 24.3 Å². The minimum absolute atomic E-state index is 0. The van der Waals surface area contributed by atoms with Crippen LogP contribution in [0.5, 0.6) is 0 Å². The topological polar surface area (TPSA) is 429 Å². The van der Waals surface area contributed by atoms with Crippen molar-refractivity contribution in [3.05, 3.63) is 80.4 Å². The van der Waals surface area contributed by atoms with Gasteiger partial charge in [0.25, 0.3) is 22.9 Å². The molecule has 2 amide bonds. The molecule has 4 aromatic rings. The monoisotopic (exact) mass is 956 g/mol. The third-order valence-corrected chi connectivity index (χ3v) is 10.2. The van der Waals surface area contributed by atoms with E-state index in [4.69, 9.17) is 21.7 Å². The third-order valence-electron chi connectivity index (χ3n) is 10.2. The summed E-state index contributed by atoms with van der Waals surface area (Å²) in [6.07, 6.45) is -1.39. The molecule has 6 rings (SSSR count). The average molecular weight is 957 g/mol. The van der Waals surface area contributed by atoms with Crippen molar-refractivity contribution in [1.82, 2.24) is 30.6 Å². The molecule has 26 nitrogen and oxygen atoms in total. The molecule has 0 aliphatic carbocycles. The molecule has 352 valence electrons. The molecule has 0 radical (unpaired) electrons. The zero-order valence-corrected chi connectivity index (χ0v) is 38.4. The number of benzene rings is 2. The van der Waals surface area contributed by atoms with Crippen LogP contribution < -0.4 is 75.3 Å². The summed E-state index contributed by atoms with van der Waals surface area (Å²) in [5.74, 6) is -5.97. The van der Waals surface area contributed by atoms with E-state index in [0.717, 1.165) is 0 Å². The Labute approximate surface area is 409 Å². The Hall–Kier alpha value is -7.32. The summed E-state index contributed by atoms with van der Waals surface area (Å²) in [6, 6.07) is 9.76. The molecule has 0 spiro atoms. The molecule has 2 aromatic heterocycles. The van der Waals surface area contributed by atoms with Crippen LogP contribution in [0.1, 0.15) is 60.2 Å². The predicted molar refractivity (Wildman–Crippen MR) is 241 cm³/mol. The number of hydrogen-bond acceptors (Lipinski definition) is 20. The standard InChI is InChI=1S/2C20H25N7O6.Ca/c2*1-20(9-23-15-14(27-20)17(31)26-19(21)25-15)8-22-11-4-2-10(3-5-11)16(30)24-12(18(32)33)6-7-13(28)29;/h2*2-5,12,22,27H,6-9H2,1H3,(H,24,30)(H,28,29)(H,32,33)(H4,21,23,25,26,31);/q;;+2/p-2. The quantitative estimate of drug-likeness (QED) is 0.0447. The molecule has 27 heteroatoms. The summed E-state index contributed by atoms with van der Waals surface area (Å²) >= 11 is 0. The van der Waals surface area contributed by atoms with Crippen LogP contribution in [0.3, 0.4) is 0 Å². The van der Waals surface area contributed by atoms with Gasteiger partial charge in [-0.1, -0.05) is 0 Å². The molecular formula is C40H48CaN14O12. The van der Waals surface area contributed by atoms with E-state index in [9.17, 15) is 48.6 Å². The molecule has 16 N–H and O–H groups in total. The molecule has 0 saturated carbocycles. The average Bonchev–Trinajstić information content (AvgIpc) is 3.26. The van der Waals surface area contributed by atoms with E-state index >= 15 is 0 Å². The number of nitrogens with zero attached hydrogens (tertiary/aromatic N) is 2. The predicted octanol–water partition coefficient (Wildman–Crippen LogP) is -2.83. The number of carboxylic acids is 4. The van der Waals surface area contributed by atoms with Gasteiger partial charge >= 0.3 is 49.7 Å². The first-order valence-electron chi connectivity index (χ1n) is 20.1. The van der Waals surface area contributed by atoms with Gasteiger partial charge in [0, 0.05) is 61.5 Å². The van der Waals surface area contributed by atoms with E-state index in [1.807, 2.05) is 13.8 Å². The van der Waals surface area contributed by atoms with Gasteiger partial charge in [0.05, 0.1) is 35.1 Å². The number of carbonyl (C=O) groups excluding carboxylic acids is 4. The van der Waals surface area contributed by atoms with Crippen LogP contribution in [0.2, 0.25) is 0 Å². The van der Waals surface area contributed by atoms with Gasteiger partial charge in [-0.3, -0.25) is 38.7 Å². The number of nitrogens with two attached hydrogens (primary N) is 2. The summed E-state index contributed by atoms with van der Waals surface area (Å²) in [5, 5.41) is 63.1. The number of nitrogens with one attached hydrogen (secondary N) is 10. The Balaban J connectivity index is 0.000000288. The third kappa shape index (κ3) is 14.8. The molecule has 67 heavy (non-hydrogen) atoms. The van der Waals surface area contributed by atoms with Crippen LogP contribution in [-0.2, 0) is 19.2 Å². The maximum absolute atomic E-state index is 12.3. The molecule has 2 aromatic carbocycles. The number of anilines is 8. The molecular weight excluding hydrogens is 909 g/mol. The Bertz CT molecular complexity index is 2420. The van der Waals surface area contributed by atoms with Gasteiger partial charge in [-0.05, 0) is 75.2 Å². The summed E-state index contributed by atoms with van der Waals surface area (Å²) in [5.41, 5.74) is 11.6. The minimum Gasteiger partial charge on any atom is -0.548 e. The van der Waals surface area contributed by atoms with Gasteiger partial charge in [-0.15, -0.1) is 0 Å². The number of aliphatic carboxylic acids is 4. The summed E-state index contributed by atoms with van der Waals surface area (Å²) < 4.78 is 0. The van der Waals surface area contributed by atoms with Crippen LogP contribution in [0.15, 0.2) is 58.1 Å². The number of hydrogen-bond donors (Lipinski definition) is 14. The number of fused-ring (bicyclic) bond motifs is 2. The first kappa shape index (κ1) is 52.3. The smallest absolute Gasteiger partial charge is 0.548 e. The summed E-state index contributed by atoms with van der Waals surface area (Å²) in [7, 11) is 0. The van der Waals surface area contributed by atoms with Gasteiger partial charge in [0.2, 0.25) is 11.9 Å². The van der Waals surface area contributed by atoms with Crippen LogP contribution >= 0.6 is 0 Å². The van der Waals surface area contributed by atoms with E-state index in [2.05, 4.69) is 62.5 Å². The zero-order chi connectivity index (χ0) is 48.3. The first-order valence-corrected chi connectivity index (χ1v) is 20.1. The molecule has 2 aliphatic rings. The largest absolute Gasteiger partial charge is 2.00 e. The molecule has 0 fully saturated rings. The van der Waals surface area contributed by atoms with Crippen LogP contribution in [0, 0.1) is 0 Å². The molecule has 0 saturated heterocycles. The van der Waals surface area contributed by atoms with Crippen molar-refractivity contribution in [3.8, 4) is 0 Å². The van der Waals surface area contributed by atoms with Gasteiger partial charge in [-0.2, -0.15) is 9.97 Å². The fourth-order valence-corrected chi connectivity index (χ4v) is 6.52. The molecule has 4 unspecified atom stereocenters. The summed E-state index contributed by atoms with van der Waals surface area (Å²) in [6.45, 7) is 5.57. The second-order valence-electron chi connectivity index (χ2n) is 15.8. The van der Waals surface area contributed by atoms with Crippen molar-refractivity contribution in [3.63, 3.8) is 0 Å². The number of nitrogen functional groups attached to an aromatic ring is 2. The fourth-order valence-electron chi connectivity index (χ4n) is 6.52. The minimum atomic E-state index is -1.55. The second-order valence-corrected chi connectivity index (χ2v) is 15.8. The Morgan fingerprint density at radius 2 is 1.00 bits per heavy atom. The number of carboxylic acid groups (broad SMARTS) is 4. The summed E-state index contributed by atoms with van der Waals surface area (Å²) in [4.78, 5) is 105. The maximum Gasteiger partial charge on any atom is 2.00 e. The van der Waals surface area contributed by atoms with Crippen molar-refractivity contribution in [2.45, 2.75) is 62.7 Å². The van der Waals surface area contributed by atoms with E-state index < -0.39 is 71.7 Å². The zero-order valence-electron chi connectivity index (χ0n) is 36.2. The van der Waals surface area contributed by atoms with Crippen LogP contribution in [-0.4, -0.2) is 153 Å². The number of amides is 2. The van der Waals surface area contributed by atoms with Gasteiger partial charge < -0.3 is 84.0 Å². The van der Waals surface area contributed by atoms with Crippen molar-refractivity contribution in [2.24, 2.45) is 0 Å². The number of carbonyl (C=O) groups is 6. The van der Waals surface area contributed by atoms with E-state index in [-0.39, 0.29) is 96.1 Å². The Kier molecular flexibility index (Phi) is 17.7. The van der Waals surface area contributed by atoms with Crippen molar-refractivity contribution in [2.75, 3.05) is 69.5 Å². The first-order chi connectivity index (χ1) is 31.1. The fraction of sp³-hybridized carbons (Fsp3) is 0.350. The molecule has 2 aliphatic heterocycles. The normalized spacial score (nSPS) is 17.3. The second kappa shape index (κ2) is 22.7. The van der Waals surface area contributed by atoms with Gasteiger partial charge in [0.1, 0.15) is 11.4 Å². The SMILES string of the molecule is CC1(CNc2ccc(C(=O)NC(CCC(=O)O)C(=O)[O-])cc2)CNc2nc(N)[nH]c(=O)c2N1.CC1(CNc2ccc(C(=O)NC(CCC(=O)O)C(=O)[O-])cc2)CNc2nc(N)[nH]c(=O)c2N1.[Ca+2]. The molecule has 0 bridgehead atoms. The van der Waals surface area contributed by atoms with Crippen LogP contribution in [0.4, 0.5) is 46.3 Å². The van der Waals surface area contributed by atoms with E-state index in [1.165, 1.54) is 24.3 Å². The van der Waals surface area contributed by atoms with Gasteiger partial charge in [0.15, 0.2) is 11.6 Å². The van der Waals surface area contributed by atoms with Crippen molar-refractivity contribution >= 4 is 120 Å². The molecule has 4 atom stereocenters. The number of aromatic nitrogens is 4. The van der Waals surface area contributed by atoms with Crippen molar-refractivity contribution in [1.29, 1.82) is 0 Å². The maximum atomic E-state index is 12.3. The number of H-pyrrole nitrogens is 2.